The van der Waals surface area contributed by atoms with Crippen LogP contribution >= 0.6 is 0 Å². The molecule has 0 aliphatic heterocycles. The number of hydrogen-bond donors (Lipinski definition) is 2. The smallest absolute Gasteiger partial charge is 0.300 e. The second-order valence-corrected chi connectivity index (χ2v) is 1.09. The van der Waals surface area contributed by atoms with Gasteiger partial charge in [-0.1, -0.05) is 6.92 Å². The Balaban J connectivity index is -0.0000000720. The number of carbonyl (C=O) groups excluding carboxylic acids is 1. The Kier molecular flexibility index (Phi) is 27.4. The monoisotopic (exact) mass is 135 g/mol. The molecule has 0 heterocycles. The summed E-state index contributed by atoms with van der Waals surface area (Å²) in [5.74, 6) is -0.833. The summed E-state index contributed by atoms with van der Waals surface area (Å²) in [6.45, 7) is 2.90. The van der Waals surface area contributed by atoms with Gasteiger partial charge in [0.05, 0.1) is 0 Å². The van der Waals surface area contributed by atoms with Gasteiger partial charge in [-0.25, -0.2) is 0 Å². The molecule has 0 atom stereocenters. The molecule has 0 aliphatic rings. The zero-order chi connectivity index (χ0) is 6.99. The topological polar surface area (TPSA) is 89.4 Å². The summed E-state index contributed by atoms with van der Waals surface area (Å²) in [5, 5.41) is 7.42. The average molecular weight is 135 g/mol. The second kappa shape index (κ2) is 15.7. The lowest BCUT2D eigenvalue weighted by Gasteiger charge is -1.59. The first-order valence-electron chi connectivity index (χ1n) is 2.28. The molecule has 0 saturated carbocycles. The van der Waals surface area contributed by atoms with Crippen LogP contribution in [0.2, 0.25) is 0 Å². The quantitative estimate of drug-likeness (QED) is 0.521. The molecule has 4 N–H and O–H groups in total. The summed E-state index contributed by atoms with van der Waals surface area (Å²) < 4.78 is 0. The van der Waals surface area contributed by atoms with Crippen molar-refractivity contribution in [3.63, 3.8) is 0 Å². The molecule has 0 bridgehead atoms. The molecule has 0 unspecified atom stereocenters. The number of aliphatic carboxylic acids is 1. The summed E-state index contributed by atoms with van der Waals surface area (Å²) >= 11 is 0. The van der Waals surface area contributed by atoms with Gasteiger partial charge in [0, 0.05) is 13.3 Å². The highest BCUT2D eigenvalue weighted by atomic mass is 16.4. The SMILES string of the molecule is CC(=O)O.CCC=O.N. The lowest BCUT2D eigenvalue weighted by Crippen LogP contribution is -1.78. The molecule has 0 aromatic carbocycles. The van der Waals surface area contributed by atoms with Crippen LogP contribution < -0.4 is 6.15 Å². The van der Waals surface area contributed by atoms with Crippen molar-refractivity contribution in [1.82, 2.24) is 6.15 Å². The lowest BCUT2D eigenvalue weighted by atomic mass is 10.6. The van der Waals surface area contributed by atoms with Gasteiger partial charge in [-0.15, -0.1) is 0 Å². The summed E-state index contributed by atoms with van der Waals surface area (Å²) in [6, 6.07) is 0. The highest BCUT2D eigenvalue weighted by Crippen LogP contribution is 1.53. The fourth-order valence-corrected chi connectivity index (χ4v) is 0. The van der Waals surface area contributed by atoms with Gasteiger partial charge in [-0.3, -0.25) is 4.79 Å². The van der Waals surface area contributed by atoms with Crippen molar-refractivity contribution in [2.75, 3.05) is 0 Å². The maximum Gasteiger partial charge on any atom is 0.300 e. The van der Waals surface area contributed by atoms with Crippen molar-refractivity contribution in [1.29, 1.82) is 0 Å². The predicted octanol–water partition coefficient (Wildman–Crippen LogP) is 0.848. The van der Waals surface area contributed by atoms with Gasteiger partial charge in [0.1, 0.15) is 6.29 Å². The zero-order valence-corrected chi connectivity index (χ0v) is 5.76. The first-order valence-corrected chi connectivity index (χ1v) is 2.28. The maximum absolute atomic E-state index is 9.17. The molecule has 56 valence electrons. The first kappa shape index (κ1) is 15.7. The van der Waals surface area contributed by atoms with Gasteiger partial charge in [-0.05, 0) is 0 Å². The third-order valence-corrected chi connectivity index (χ3v) is 0.167. The van der Waals surface area contributed by atoms with E-state index < -0.39 is 5.97 Å². The Hall–Kier alpha value is -0.900. The molecule has 0 spiro atoms. The lowest BCUT2D eigenvalue weighted by molar-refractivity contribution is -0.134. The number of hydrogen-bond acceptors (Lipinski definition) is 3. The number of carboxylic acids is 1. The van der Waals surface area contributed by atoms with Crippen molar-refractivity contribution < 1.29 is 14.7 Å². The summed E-state index contributed by atoms with van der Waals surface area (Å²) in [5.41, 5.74) is 0. The van der Waals surface area contributed by atoms with Crippen LogP contribution in [0.3, 0.4) is 0 Å². The van der Waals surface area contributed by atoms with Gasteiger partial charge >= 0.3 is 0 Å². The molecule has 0 aromatic heterocycles. The second-order valence-electron chi connectivity index (χ2n) is 1.09. The molecule has 0 aliphatic carbocycles. The average Bonchev–Trinajstić information content (AvgIpc) is 1.65. The van der Waals surface area contributed by atoms with Gasteiger partial charge < -0.3 is 16.1 Å². The predicted molar refractivity (Wildman–Crippen MR) is 34.7 cm³/mol. The molecule has 0 fully saturated rings. The standard InChI is InChI=1S/C3H6O.C2H4O2.H3N/c1-2-3-4;1-2(3)4;/h3H,2H2,1H3;1H3,(H,3,4);1H3. The van der Waals surface area contributed by atoms with E-state index in [1.807, 2.05) is 6.92 Å². The van der Waals surface area contributed by atoms with Crippen LogP contribution in [-0.2, 0) is 9.59 Å². The highest BCUT2D eigenvalue weighted by Gasteiger charge is 1.65. The molecule has 0 amide bonds. The largest absolute Gasteiger partial charge is 0.481 e. The van der Waals surface area contributed by atoms with E-state index in [0.29, 0.717) is 6.42 Å². The van der Waals surface area contributed by atoms with Crippen molar-refractivity contribution in [3.8, 4) is 0 Å². The van der Waals surface area contributed by atoms with E-state index in [4.69, 9.17) is 9.90 Å². The van der Waals surface area contributed by atoms with Crippen molar-refractivity contribution in [3.05, 3.63) is 0 Å². The van der Waals surface area contributed by atoms with E-state index in [2.05, 4.69) is 0 Å². The van der Waals surface area contributed by atoms with Crippen LogP contribution in [0.4, 0.5) is 0 Å². The Morgan fingerprint density at radius 1 is 1.67 bits per heavy atom. The minimum atomic E-state index is -0.833. The Bertz CT molecular complexity index is 68.6. The highest BCUT2D eigenvalue weighted by molar-refractivity contribution is 5.62. The fraction of sp³-hybridized carbons (Fsp3) is 0.600. The van der Waals surface area contributed by atoms with Crippen molar-refractivity contribution in [2.45, 2.75) is 20.3 Å². The van der Waals surface area contributed by atoms with E-state index >= 15 is 0 Å². The molecule has 4 nitrogen and oxygen atoms in total. The summed E-state index contributed by atoms with van der Waals surface area (Å²) in [7, 11) is 0. The molecule has 4 heteroatoms. The van der Waals surface area contributed by atoms with E-state index in [0.717, 1.165) is 13.2 Å². The zero-order valence-electron chi connectivity index (χ0n) is 5.76. The van der Waals surface area contributed by atoms with Gasteiger partial charge in [0.25, 0.3) is 5.97 Å². The van der Waals surface area contributed by atoms with E-state index in [-0.39, 0.29) is 6.15 Å². The maximum atomic E-state index is 9.17. The molecule has 0 aromatic rings. The molecule has 0 saturated heterocycles. The molecule has 9 heavy (non-hydrogen) atoms. The number of carboxylic acid groups (broad SMARTS) is 1. The van der Waals surface area contributed by atoms with Crippen LogP contribution in [0.1, 0.15) is 20.3 Å². The van der Waals surface area contributed by atoms with Crippen LogP contribution in [0.25, 0.3) is 0 Å². The van der Waals surface area contributed by atoms with E-state index in [9.17, 15) is 4.79 Å². The van der Waals surface area contributed by atoms with Crippen molar-refractivity contribution >= 4 is 12.3 Å². The third kappa shape index (κ3) is 18500. The molecule has 0 rings (SSSR count). The van der Waals surface area contributed by atoms with Crippen LogP contribution in [-0.4, -0.2) is 17.4 Å². The summed E-state index contributed by atoms with van der Waals surface area (Å²) in [4.78, 5) is 18.2. The van der Waals surface area contributed by atoms with E-state index in [1.54, 1.807) is 0 Å². The number of carbonyl (C=O) groups is 2. The fourth-order valence-electron chi connectivity index (χ4n) is 0. The number of rotatable bonds is 1. The third-order valence-electron chi connectivity index (χ3n) is 0.167. The van der Waals surface area contributed by atoms with Gasteiger partial charge in [0.2, 0.25) is 0 Å². The Morgan fingerprint density at radius 3 is 1.78 bits per heavy atom. The number of aldehydes is 1. The molecule has 0 radical (unpaired) electrons. The van der Waals surface area contributed by atoms with Crippen LogP contribution in [0.5, 0.6) is 0 Å². The Labute approximate surface area is 54.5 Å². The van der Waals surface area contributed by atoms with Gasteiger partial charge in [0.15, 0.2) is 0 Å². The van der Waals surface area contributed by atoms with Gasteiger partial charge in [-0.2, -0.15) is 0 Å². The first-order chi connectivity index (χ1) is 3.65. The summed E-state index contributed by atoms with van der Waals surface area (Å²) in [6.07, 6.45) is 1.51. The minimum Gasteiger partial charge on any atom is -0.481 e. The molecular formula is C5H13NO3. The van der Waals surface area contributed by atoms with Crippen LogP contribution in [0, 0.1) is 0 Å². The Morgan fingerprint density at radius 2 is 1.78 bits per heavy atom. The normalized spacial score (nSPS) is 5.56. The van der Waals surface area contributed by atoms with E-state index in [1.165, 1.54) is 0 Å². The molecular weight excluding hydrogens is 122 g/mol. The minimum absolute atomic E-state index is 0. The van der Waals surface area contributed by atoms with Crippen LogP contribution in [0.15, 0.2) is 0 Å². The van der Waals surface area contributed by atoms with Crippen molar-refractivity contribution in [2.24, 2.45) is 0 Å².